The van der Waals surface area contributed by atoms with Gasteiger partial charge in [0.2, 0.25) is 5.88 Å². The van der Waals surface area contributed by atoms with E-state index in [4.69, 9.17) is 19.2 Å². The van der Waals surface area contributed by atoms with E-state index < -0.39 is 0 Å². The van der Waals surface area contributed by atoms with Crippen LogP contribution in [0.3, 0.4) is 0 Å². The molecule has 4 rings (SSSR count). The molecule has 2 amide bonds. The van der Waals surface area contributed by atoms with Crippen molar-refractivity contribution in [3.63, 3.8) is 0 Å². The van der Waals surface area contributed by atoms with Gasteiger partial charge in [0.15, 0.2) is 11.5 Å². The maximum absolute atomic E-state index is 11.3. The summed E-state index contributed by atoms with van der Waals surface area (Å²) in [7, 11) is 3.19. The minimum atomic E-state index is -0.188. The third-order valence-corrected chi connectivity index (χ3v) is 4.51. The molecule has 2 N–H and O–H groups in total. The average Bonchev–Trinajstić information content (AvgIpc) is 3.16. The molecule has 1 aliphatic rings. The fraction of sp³-hybridized carbons (Fsp3) is 0.250. The molecular formula is C20H20N4O4. The first kappa shape index (κ1) is 17.8. The van der Waals surface area contributed by atoms with E-state index in [1.54, 1.807) is 20.4 Å². The smallest absolute Gasteiger partial charge is 0.315 e. The number of carbonyl (C=O) groups is 1. The third kappa shape index (κ3) is 3.48. The van der Waals surface area contributed by atoms with Crippen molar-refractivity contribution < 1.29 is 19.0 Å². The molecule has 144 valence electrons. The summed E-state index contributed by atoms with van der Waals surface area (Å²) in [5.74, 6) is 1.73. The van der Waals surface area contributed by atoms with Crippen LogP contribution < -0.4 is 24.8 Å². The fourth-order valence-corrected chi connectivity index (χ4v) is 3.08. The van der Waals surface area contributed by atoms with Crippen molar-refractivity contribution in [1.82, 2.24) is 20.6 Å². The number of nitrogens with zero attached hydrogens (tertiary/aromatic N) is 2. The van der Waals surface area contributed by atoms with Gasteiger partial charge in [0.1, 0.15) is 6.61 Å². The van der Waals surface area contributed by atoms with Gasteiger partial charge >= 0.3 is 6.03 Å². The average molecular weight is 380 g/mol. The van der Waals surface area contributed by atoms with Crippen LogP contribution in [0.15, 0.2) is 42.6 Å². The Bertz CT molecular complexity index is 1020. The van der Waals surface area contributed by atoms with Gasteiger partial charge in [-0.3, -0.25) is 4.98 Å². The highest BCUT2D eigenvalue weighted by Gasteiger charge is 2.21. The highest BCUT2D eigenvalue weighted by Crippen LogP contribution is 2.34. The molecule has 0 bridgehead atoms. The minimum Gasteiger partial charge on any atom is -0.493 e. The molecule has 1 unspecified atom stereocenters. The first-order valence-electron chi connectivity index (χ1n) is 8.83. The number of rotatable bonds is 6. The van der Waals surface area contributed by atoms with Crippen molar-refractivity contribution in [1.29, 1.82) is 0 Å². The van der Waals surface area contributed by atoms with E-state index in [2.05, 4.69) is 15.6 Å². The molecular weight excluding hydrogens is 360 g/mol. The van der Waals surface area contributed by atoms with Crippen LogP contribution in [-0.4, -0.2) is 49.4 Å². The summed E-state index contributed by atoms with van der Waals surface area (Å²) < 4.78 is 16.7. The molecule has 1 saturated heterocycles. The molecule has 2 aromatic heterocycles. The van der Waals surface area contributed by atoms with Crippen LogP contribution in [0.4, 0.5) is 4.79 Å². The van der Waals surface area contributed by atoms with Crippen molar-refractivity contribution >= 4 is 16.9 Å². The van der Waals surface area contributed by atoms with Crippen LogP contribution >= 0.6 is 0 Å². The molecule has 0 saturated carbocycles. The van der Waals surface area contributed by atoms with Gasteiger partial charge in [-0.15, -0.1) is 0 Å². The molecule has 1 aromatic carbocycles. The van der Waals surface area contributed by atoms with Crippen LogP contribution in [0, 0.1) is 0 Å². The second-order valence-corrected chi connectivity index (χ2v) is 6.31. The zero-order valence-corrected chi connectivity index (χ0v) is 15.6. The van der Waals surface area contributed by atoms with Gasteiger partial charge in [0.25, 0.3) is 0 Å². The Morgan fingerprint density at radius 3 is 2.75 bits per heavy atom. The summed E-state index contributed by atoms with van der Waals surface area (Å²) in [4.78, 5) is 20.4. The third-order valence-electron chi connectivity index (χ3n) is 4.51. The number of hydrogen-bond donors (Lipinski definition) is 2. The molecule has 0 aliphatic carbocycles. The largest absolute Gasteiger partial charge is 0.493 e. The van der Waals surface area contributed by atoms with Gasteiger partial charge < -0.3 is 24.8 Å². The Hall–Kier alpha value is -3.55. The molecule has 1 aliphatic heterocycles. The Morgan fingerprint density at radius 1 is 1.14 bits per heavy atom. The molecule has 3 heterocycles. The highest BCUT2D eigenvalue weighted by atomic mass is 16.5. The van der Waals surface area contributed by atoms with Crippen LogP contribution in [0.25, 0.3) is 22.2 Å². The summed E-state index contributed by atoms with van der Waals surface area (Å²) in [6, 6.07) is 11.0. The minimum absolute atomic E-state index is 0.106. The zero-order valence-electron chi connectivity index (χ0n) is 15.6. The lowest BCUT2D eigenvalue weighted by Crippen LogP contribution is -2.32. The van der Waals surface area contributed by atoms with Gasteiger partial charge in [-0.25, -0.2) is 9.78 Å². The van der Waals surface area contributed by atoms with Gasteiger partial charge in [-0.05, 0) is 36.4 Å². The second kappa shape index (κ2) is 7.59. The Balaban J connectivity index is 1.70. The molecule has 3 aromatic rings. The molecule has 8 heteroatoms. The summed E-state index contributed by atoms with van der Waals surface area (Å²) in [5.41, 5.74) is 2.33. The van der Waals surface area contributed by atoms with Gasteiger partial charge in [0.05, 0.1) is 36.9 Å². The molecule has 8 nitrogen and oxygen atoms in total. The summed E-state index contributed by atoms with van der Waals surface area (Å²) in [6.45, 7) is 0.829. The number of urea groups is 1. The van der Waals surface area contributed by atoms with E-state index in [1.807, 2.05) is 36.4 Å². The van der Waals surface area contributed by atoms with E-state index >= 15 is 0 Å². The number of methoxy groups -OCH3 is 2. The Morgan fingerprint density at radius 2 is 2.00 bits per heavy atom. The first-order chi connectivity index (χ1) is 13.7. The molecule has 1 atom stereocenters. The van der Waals surface area contributed by atoms with Crippen LogP contribution in [0.2, 0.25) is 0 Å². The highest BCUT2D eigenvalue weighted by molar-refractivity contribution is 5.87. The lowest BCUT2D eigenvalue weighted by molar-refractivity contribution is 0.242. The van der Waals surface area contributed by atoms with E-state index in [0.29, 0.717) is 36.2 Å². The molecule has 0 radical (unpaired) electrons. The lowest BCUT2D eigenvalue weighted by atomic mass is 10.1. The van der Waals surface area contributed by atoms with E-state index in [-0.39, 0.29) is 12.1 Å². The SMILES string of the molecule is COc1ccc(-c2cc3ncccc3c(OCC3CNC(=O)N3)n2)cc1OC. The normalized spacial score (nSPS) is 15.8. The zero-order chi connectivity index (χ0) is 19.5. The van der Waals surface area contributed by atoms with Crippen LogP contribution in [-0.2, 0) is 0 Å². The number of benzene rings is 1. The molecule has 1 fully saturated rings. The standard InChI is InChI=1S/C20H20N4O4/c1-26-17-6-5-12(8-18(17)27-2)15-9-16-14(4-3-7-21-16)19(24-15)28-11-13-10-22-20(25)23-13/h3-9,13H,10-11H2,1-2H3,(H2,22,23,25). The second-order valence-electron chi connectivity index (χ2n) is 6.31. The fourth-order valence-electron chi connectivity index (χ4n) is 3.08. The van der Waals surface area contributed by atoms with Crippen molar-refractivity contribution in [2.24, 2.45) is 0 Å². The number of aromatic nitrogens is 2. The number of ether oxygens (including phenoxy) is 3. The topological polar surface area (TPSA) is 94.6 Å². The predicted molar refractivity (Wildman–Crippen MR) is 104 cm³/mol. The molecule has 28 heavy (non-hydrogen) atoms. The summed E-state index contributed by atoms with van der Waals surface area (Å²) in [6.07, 6.45) is 1.73. The molecule has 0 spiro atoms. The van der Waals surface area contributed by atoms with Crippen molar-refractivity contribution in [2.75, 3.05) is 27.4 Å². The van der Waals surface area contributed by atoms with Gasteiger partial charge in [-0.2, -0.15) is 0 Å². The van der Waals surface area contributed by atoms with Crippen molar-refractivity contribution in [3.05, 3.63) is 42.6 Å². The van der Waals surface area contributed by atoms with Crippen LogP contribution in [0.1, 0.15) is 0 Å². The quantitative estimate of drug-likeness (QED) is 0.682. The van der Waals surface area contributed by atoms with E-state index in [9.17, 15) is 4.79 Å². The van der Waals surface area contributed by atoms with E-state index in [1.165, 1.54) is 0 Å². The van der Waals surface area contributed by atoms with E-state index in [0.717, 1.165) is 16.5 Å². The van der Waals surface area contributed by atoms with Gasteiger partial charge in [-0.1, -0.05) is 0 Å². The van der Waals surface area contributed by atoms with Crippen molar-refractivity contribution in [2.45, 2.75) is 6.04 Å². The summed E-state index contributed by atoms with van der Waals surface area (Å²) >= 11 is 0. The predicted octanol–water partition coefficient (Wildman–Crippen LogP) is 2.37. The number of amides is 2. The summed E-state index contributed by atoms with van der Waals surface area (Å²) in [5, 5.41) is 6.32. The van der Waals surface area contributed by atoms with Crippen LogP contribution in [0.5, 0.6) is 17.4 Å². The number of hydrogen-bond acceptors (Lipinski definition) is 6. The first-order valence-corrected chi connectivity index (χ1v) is 8.83. The van der Waals surface area contributed by atoms with Gasteiger partial charge in [0, 0.05) is 18.3 Å². The number of nitrogens with one attached hydrogen (secondary N) is 2. The monoisotopic (exact) mass is 380 g/mol. The maximum Gasteiger partial charge on any atom is 0.315 e. The number of pyridine rings is 2. The van der Waals surface area contributed by atoms with Crippen molar-refractivity contribution in [3.8, 4) is 28.6 Å². The lowest BCUT2D eigenvalue weighted by Gasteiger charge is -2.14. The maximum atomic E-state index is 11.3. The Labute approximate surface area is 161 Å². The number of fused-ring (bicyclic) bond motifs is 1. The Kier molecular flexibility index (Phi) is 4.84. The number of carbonyl (C=O) groups excluding carboxylic acids is 1.